The molecular weight excluding hydrogens is 288 g/mol. The molecule has 1 heterocycles. The van der Waals surface area contributed by atoms with Gasteiger partial charge in [-0.15, -0.1) is 11.6 Å². The molecule has 1 aromatic carbocycles. The summed E-state index contributed by atoms with van der Waals surface area (Å²) in [6.07, 6.45) is 0. The van der Waals surface area contributed by atoms with Gasteiger partial charge >= 0.3 is 0 Å². The molecule has 0 bridgehead atoms. The number of aromatic nitrogens is 2. The molecule has 0 spiro atoms. The van der Waals surface area contributed by atoms with E-state index < -0.39 is 0 Å². The standard InChI is InChI=1S/C15H19ClN4O/c1-19(8-9-21-2)6-7-20-13-5-3-4-12(11-17)15(13)18-14(20)10-16/h3-5H,6-10H2,1-2H3. The highest BCUT2D eigenvalue weighted by molar-refractivity contribution is 6.16. The van der Waals surface area contributed by atoms with E-state index in [1.807, 2.05) is 12.1 Å². The number of rotatable bonds is 7. The van der Waals surface area contributed by atoms with Gasteiger partial charge in [0, 0.05) is 26.7 Å². The van der Waals surface area contributed by atoms with Crippen LogP contribution < -0.4 is 0 Å². The first kappa shape index (κ1) is 15.8. The first-order valence-electron chi connectivity index (χ1n) is 6.83. The second-order valence-electron chi connectivity index (χ2n) is 4.89. The lowest BCUT2D eigenvalue weighted by Crippen LogP contribution is -2.27. The third-order valence-electron chi connectivity index (χ3n) is 3.48. The van der Waals surface area contributed by atoms with Gasteiger partial charge in [0.25, 0.3) is 0 Å². The molecule has 0 saturated heterocycles. The maximum atomic E-state index is 9.17. The maximum Gasteiger partial charge on any atom is 0.124 e. The van der Waals surface area contributed by atoms with Gasteiger partial charge in [-0.1, -0.05) is 6.07 Å². The van der Waals surface area contributed by atoms with Crippen molar-refractivity contribution >= 4 is 22.6 Å². The molecule has 1 aromatic heterocycles. The average Bonchev–Trinajstić information content (AvgIpc) is 2.88. The van der Waals surface area contributed by atoms with Crippen LogP contribution in [0.25, 0.3) is 11.0 Å². The molecular formula is C15H19ClN4O. The molecule has 2 rings (SSSR count). The van der Waals surface area contributed by atoms with Crippen molar-refractivity contribution in [2.45, 2.75) is 12.4 Å². The summed E-state index contributed by atoms with van der Waals surface area (Å²) in [5, 5.41) is 9.17. The Morgan fingerprint density at radius 2 is 2.24 bits per heavy atom. The lowest BCUT2D eigenvalue weighted by atomic mass is 10.2. The van der Waals surface area contributed by atoms with Crippen LogP contribution in [0.2, 0.25) is 0 Å². The van der Waals surface area contributed by atoms with E-state index >= 15 is 0 Å². The van der Waals surface area contributed by atoms with E-state index in [2.05, 4.69) is 27.6 Å². The fraction of sp³-hybridized carbons (Fsp3) is 0.467. The smallest absolute Gasteiger partial charge is 0.124 e. The van der Waals surface area contributed by atoms with Gasteiger partial charge in [-0.2, -0.15) is 5.26 Å². The number of hydrogen-bond acceptors (Lipinski definition) is 4. The number of methoxy groups -OCH3 is 1. The third-order valence-corrected chi connectivity index (χ3v) is 3.72. The van der Waals surface area contributed by atoms with E-state index in [1.165, 1.54) is 0 Å². The number of alkyl halides is 1. The number of para-hydroxylation sites is 1. The second-order valence-corrected chi connectivity index (χ2v) is 5.16. The van der Waals surface area contributed by atoms with Crippen molar-refractivity contribution in [2.75, 3.05) is 33.9 Å². The van der Waals surface area contributed by atoms with Crippen LogP contribution in [-0.2, 0) is 17.2 Å². The minimum Gasteiger partial charge on any atom is -0.383 e. The van der Waals surface area contributed by atoms with Gasteiger partial charge in [-0.25, -0.2) is 4.98 Å². The number of fused-ring (bicyclic) bond motifs is 1. The van der Waals surface area contributed by atoms with Crippen LogP contribution in [0.1, 0.15) is 11.4 Å². The number of nitriles is 1. The summed E-state index contributed by atoms with van der Waals surface area (Å²) >= 11 is 6.00. The molecule has 0 saturated carbocycles. The molecule has 0 aliphatic carbocycles. The average molecular weight is 307 g/mol. The molecule has 0 amide bonds. The van der Waals surface area contributed by atoms with Crippen molar-refractivity contribution in [1.29, 1.82) is 5.26 Å². The molecule has 0 radical (unpaired) electrons. The maximum absolute atomic E-state index is 9.17. The summed E-state index contributed by atoms with van der Waals surface area (Å²) < 4.78 is 7.17. The number of halogens is 1. The molecule has 0 atom stereocenters. The molecule has 0 aliphatic rings. The molecule has 0 N–H and O–H groups in total. The fourth-order valence-corrected chi connectivity index (χ4v) is 2.47. The molecule has 0 fully saturated rings. The zero-order valence-electron chi connectivity index (χ0n) is 12.3. The van der Waals surface area contributed by atoms with Crippen molar-refractivity contribution in [2.24, 2.45) is 0 Å². The minimum atomic E-state index is 0.335. The Hall–Kier alpha value is -1.61. The van der Waals surface area contributed by atoms with Crippen molar-refractivity contribution in [3.63, 3.8) is 0 Å². The van der Waals surface area contributed by atoms with Gasteiger partial charge in [0.05, 0.1) is 23.6 Å². The zero-order valence-corrected chi connectivity index (χ0v) is 13.1. The van der Waals surface area contributed by atoms with Crippen molar-refractivity contribution in [1.82, 2.24) is 14.5 Å². The fourth-order valence-electron chi connectivity index (χ4n) is 2.27. The topological polar surface area (TPSA) is 54.1 Å². The molecule has 0 unspecified atom stereocenters. The van der Waals surface area contributed by atoms with Gasteiger partial charge in [0.1, 0.15) is 17.4 Å². The van der Waals surface area contributed by atoms with Crippen LogP contribution in [0.3, 0.4) is 0 Å². The summed E-state index contributed by atoms with van der Waals surface area (Å²) in [5.74, 6) is 1.14. The van der Waals surface area contributed by atoms with Gasteiger partial charge in [0.15, 0.2) is 0 Å². The Morgan fingerprint density at radius 3 is 2.90 bits per heavy atom. The quantitative estimate of drug-likeness (QED) is 0.736. The second kappa shape index (κ2) is 7.41. The SMILES string of the molecule is COCCN(C)CCn1c(CCl)nc2c(C#N)cccc21. The van der Waals surface area contributed by atoms with E-state index in [-0.39, 0.29) is 0 Å². The van der Waals surface area contributed by atoms with Crippen LogP contribution in [0.4, 0.5) is 0 Å². The molecule has 0 aliphatic heterocycles. The van der Waals surface area contributed by atoms with Gasteiger partial charge in [-0.05, 0) is 19.2 Å². The highest BCUT2D eigenvalue weighted by atomic mass is 35.5. The molecule has 112 valence electrons. The Labute approximate surface area is 129 Å². The number of imidazole rings is 1. The van der Waals surface area contributed by atoms with E-state index in [0.29, 0.717) is 18.1 Å². The summed E-state index contributed by atoms with van der Waals surface area (Å²) in [6.45, 7) is 3.24. The van der Waals surface area contributed by atoms with E-state index in [1.54, 1.807) is 13.2 Å². The first-order valence-corrected chi connectivity index (χ1v) is 7.36. The number of nitrogens with zero attached hydrogens (tertiary/aromatic N) is 4. The van der Waals surface area contributed by atoms with Crippen LogP contribution in [0.5, 0.6) is 0 Å². The highest BCUT2D eigenvalue weighted by Crippen LogP contribution is 2.20. The monoisotopic (exact) mass is 306 g/mol. The predicted molar refractivity (Wildman–Crippen MR) is 83.4 cm³/mol. The Morgan fingerprint density at radius 1 is 1.43 bits per heavy atom. The minimum absolute atomic E-state index is 0.335. The van der Waals surface area contributed by atoms with E-state index in [9.17, 15) is 0 Å². The summed E-state index contributed by atoms with van der Waals surface area (Å²) in [6, 6.07) is 7.82. The van der Waals surface area contributed by atoms with Crippen LogP contribution in [-0.4, -0.2) is 48.3 Å². The molecule has 6 heteroatoms. The Kier molecular flexibility index (Phi) is 5.57. The van der Waals surface area contributed by atoms with Crippen molar-refractivity contribution in [3.8, 4) is 6.07 Å². The van der Waals surface area contributed by atoms with Crippen LogP contribution >= 0.6 is 11.6 Å². The predicted octanol–water partition coefficient (Wildman–Crippen LogP) is 2.22. The number of hydrogen-bond donors (Lipinski definition) is 0. The Bertz CT molecular complexity index is 647. The Balaban J connectivity index is 2.24. The van der Waals surface area contributed by atoms with Crippen LogP contribution in [0.15, 0.2) is 18.2 Å². The molecule has 2 aromatic rings. The third kappa shape index (κ3) is 3.53. The lowest BCUT2D eigenvalue weighted by Gasteiger charge is -2.17. The zero-order chi connectivity index (χ0) is 15.2. The lowest BCUT2D eigenvalue weighted by molar-refractivity contribution is 0.159. The van der Waals surface area contributed by atoms with Gasteiger partial charge in [-0.3, -0.25) is 0 Å². The van der Waals surface area contributed by atoms with Gasteiger partial charge < -0.3 is 14.2 Å². The van der Waals surface area contributed by atoms with E-state index in [0.717, 1.165) is 36.5 Å². The summed E-state index contributed by atoms with van der Waals surface area (Å²) in [4.78, 5) is 6.70. The normalized spacial score (nSPS) is 11.2. The number of likely N-dealkylation sites (N-methyl/N-ethyl adjacent to an activating group) is 1. The number of ether oxygens (including phenoxy) is 1. The summed E-state index contributed by atoms with van der Waals surface area (Å²) in [7, 11) is 3.76. The largest absolute Gasteiger partial charge is 0.383 e. The molecule has 5 nitrogen and oxygen atoms in total. The highest BCUT2D eigenvalue weighted by Gasteiger charge is 2.13. The molecule has 21 heavy (non-hydrogen) atoms. The van der Waals surface area contributed by atoms with Crippen molar-refractivity contribution in [3.05, 3.63) is 29.6 Å². The van der Waals surface area contributed by atoms with Gasteiger partial charge in [0.2, 0.25) is 0 Å². The summed E-state index contributed by atoms with van der Waals surface area (Å²) in [5.41, 5.74) is 2.28. The van der Waals surface area contributed by atoms with Crippen LogP contribution in [0, 0.1) is 11.3 Å². The van der Waals surface area contributed by atoms with Crippen molar-refractivity contribution < 1.29 is 4.74 Å². The first-order chi connectivity index (χ1) is 10.2. The van der Waals surface area contributed by atoms with E-state index in [4.69, 9.17) is 21.6 Å². The number of benzene rings is 1.